The molecule has 4 heteroatoms. The third-order valence-electron chi connectivity index (χ3n) is 2.57. The summed E-state index contributed by atoms with van der Waals surface area (Å²) in [5, 5.41) is 9.53. The number of sulfone groups is 1. The van der Waals surface area contributed by atoms with Crippen molar-refractivity contribution in [3.8, 4) is 5.75 Å². The number of hydrogen-bond acceptors (Lipinski definition) is 3. The van der Waals surface area contributed by atoms with Crippen molar-refractivity contribution in [2.75, 3.05) is 6.26 Å². The van der Waals surface area contributed by atoms with E-state index in [-0.39, 0.29) is 10.6 Å². The fourth-order valence-corrected chi connectivity index (χ4v) is 2.68. The first-order valence-electron chi connectivity index (χ1n) is 4.53. The van der Waals surface area contributed by atoms with Crippen molar-refractivity contribution in [3.63, 3.8) is 0 Å². The topological polar surface area (TPSA) is 54.4 Å². The van der Waals surface area contributed by atoms with Crippen molar-refractivity contribution in [2.45, 2.75) is 24.2 Å². The lowest BCUT2D eigenvalue weighted by atomic mass is 10.1. The third-order valence-corrected chi connectivity index (χ3v) is 3.70. The highest BCUT2D eigenvalue weighted by atomic mass is 32.2. The molecular formula is C10H12O3S. The van der Waals surface area contributed by atoms with Crippen LogP contribution >= 0.6 is 0 Å². The minimum Gasteiger partial charge on any atom is -0.507 e. The zero-order valence-electron chi connectivity index (χ0n) is 7.95. The van der Waals surface area contributed by atoms with Crippen LogP contribution in [-0.4, -0.2) is 19.8 Å². The highest BCUT2D eigenvalue weighted by Crippen LogP contribution is 2.31. The molecule has 0 saturated carbocycles. The molecule has 76 valence electrons. The van der Waals surface area contributed by atoms with Crippen LogP contribution in [0.4, 0.5) is 0 Å². The molecule has 14 heavy (non-hydrogen) atoms. The Bertz CT molecular complexity index is 474. The van der Waals surface area contributed by atoms with Gasteiger partial charge in [0.1, 0.15) is 10.6 Å². The van der Waals surface area contributed by atoms with Gasteiger partial charge in [-0.15, -0.1) is 0 Å². The van der Waals surface area contributed by atoms with E-state index in [9.17, 15) is 13.5 Å². The van der Waals surface area contributed by atoms with Crippen LogP contribution < -0.4 is 0 Å². The molecular weight excluding hydrogens is 200 g/mol. The lowest BCUT2D eigenvalue weighted by Gasteiger charge is -2.05. The molecule has 0 saturated heterocycles. The molecule has 0 aliphatic heterocycles. The molecule has 2 rings (SSSR count). The number of benzene rings is 1. The first-order valence-corrected chi connectivity index (χ1v) is 6.42. The van der Waals surface area contributed by atoms with Crippen LogP contribution in [0.1, 0.15) is 17.5 Å². The molecule has 1 aliphatic carbocycles. The van der Waals surface area contributed by atoms with Crippen molar-refractivity contribution in [2.24, 2.45) is 0 Å². The maximum atomic E-state index is 11.3. The lowest BCUT2D eigenvalue weighted by molar-refractivity contribution is 0.458. The molecule has 0 amide bonds. The average molecular weight is 212 g/mol. The fourth-order valence-electron chi connectivity index (χ4n) is 1.89. The Morgan fingerprint density at radius 2 is 1.79 bits per heavy atom. The van der Waals surface area contributed by atoms with E-state index >= 15 is 0 Å². The Kier molecular flexibility index (Phi) is 2.03. The first kappa shape index (κ1) is 9.52. The van der Waals surface area contributed by atoms with E-state index in [1.165, 1.54) is 0 Å². The highest BCUT2D eigenvalue weighted by Gasteiger charge is 2.19. The number of aryl methyl sites for hydroxylation is 2. The van der Waals surface area contributed by atoms with Crippen molar-refractivity contribution in [3.05, 3.63) is 23.3 Å². The molecule has 1 aliphatic rings. The molecule has 0 unspecified atom stereocenters. The predicted molar refractivity (Wildman–Crippen MR) is 53.2 cm³/mol. The zero-order valence-corrected chi connectivity index (χ0v) is 8.76. The standard InChI is InChI=1S/C10H12O3S/c1-14(12,13)10-6-8-4-2-3-7(8)5-9(10)11/h5-6,11H,2-4H2,1H3. The molecule has 0 atom stereocenters. The Labute approximate surface area is 83.3 Å². The Morgan fingerprint density at radius 1 is 1.21 bits per heavy atom. The van der Waals surface area contributed by atoms with Crippen LogP contribution in [0.25, 0.3) is 0 Å². The zero-order chi connectivity index (χ0) is 10.3. The number of phenols is 1. The summed E-state index contributed by atoms with van der Waals surface area (Å²) in [6.07, 6.45) is 4.01. The maximum Gasteiger partial charge on any atom is 0.179 e. The van der Waals surface area contributed by atoms with Crippen LogP contribution in [0.5, 0.6) is 5.75 Å². The van der Waals surface area contributed by atoms with Gasteiger partial charge < -0.3 is 5.11 Å². The quantitative estimate of drug-likeness (QED) is 0.763. The van der Waals surface area contributed by atoms with E-state index in [2.05, 4.69) is 0 Å². The maximum absolute atomic E-state index is 11.3. The summed E-state index contributed by atoms with van der Waals surface area (Å²) in [4.78, 5) is 0.0538. The van der Waals surface area contributed by atoms with Crippen LogP contribution in [0, 0.1) is 0 Å². The second kappa shape index (κ2) is 2.98. The van der Waals surface area contributed by atoms with Gasteiger partial charge in [0.25, 0.3) is 0 Å². The summed E-state index contributed by atoms with van der Waals surface area (Å²) in [6.45, 7) is 0. The van der Waals surface area contributed by atoms with Crippen LogP contribution in [0.15, 0.2) is 17.0 Å². The molecule has 0 fully saturated rings. The summed E-state index contributed by atoms with van der Waals surface area (Å²) in [7, 11) is -3.31. The molecule has 0 aromatic heterocycles. The number of aromatic hydroxyl groups is 1. The molecule has 0 radical (unpaired) electrons. The second-order valence-corrected chi connectivity index (χ2v) is 5.70. The Balaban J connectivity index is 2.65. The molecule has 0 spiro atoms. The largest absolute Gasteiger partial charge is 0.507 e. The number of hydrogen-bond donors (Lipinski definition) is 1. The van der Waals surface area contributed by atoms with Crippen LogP contribution in [-0.2, 0) is 22.7 Å². The van der Waals surface area contributed by atoms with Gasteiger partial charge in [-0.25, -0.2) is 8.42 Å². The van der Waals surface area contributed by atoms with Gasteiger partial charge in [-0.05, 0) is 42.5 Å². The van der Waals surface area contributed by atoms with Crippen LogP contribution in [0.3, 0.4) is 0 Å². The van der Waals surface area contributed by atoms with Gasteiger partial charge in [-0.2, -0.15) is 0 Å². The molecule has 1 N–H and O–H groups in total. The molecule has 3 nitrogen and oxygen atoms in total. The van der Waals surface area contributed by atoms with Crippen molar-refractivity contribution < 1.29 is 13.5 Å². The number of rotatable bonds is 1. The van der Waals surface area contributed by atoms with Crippen LogP contribution in [0.2, 0.25) is 0 Å². The minimum atomic E-state index is -3.31. The molecule has 0 bridgehead atoms. The minimum absolute atomic E-state index is 0.0538. The van der Waals surface area contributed by atoms with Gasteiger partial charge in [0.2, 0.25) is 0 Å². The normalized spacial score (nSPS) is 15.5. The number of fused-ring (bicyclic) bond motifs is 1. The Morgan fingerprint density at radius 3 is 2.36 bits per heavy atom. The predicted octanol–water partition coefficient (Wildman–Crippen LogP) is 1.28. The van der Waals surface area contributed by atoms with E-state index in [4.69, 9.17) is 0 Å². The average Bonchev–Trinajstić information content (AvgIpc) is 2.47. The molecule has 0 heterocycles. The Hall–Kier alpha value is -1.03. The number of phenolic OH excluding ortho intramolecular Hbond substituents is 1. The monoisotopic (exact) mass is 212 g/mol. The van der Waals surface area contributed by atoms with E-state index in [0.29, 0.717) is 0 Å². The van der Waals surface area contributed by atoms with E-state index in [1.54, 1.807) is 12.1 Å². The van der Waals surface area contributed by atoms with E-state index in [1.807, 2.05) is 0 Å². The molecule has 1 aromatic rings. The summed E-state index contributed by atoms with van der Waals surface area (Å²) < 4.78 is 22.6. The van der Waals surface area contributed by atoms with E-state index in [0.717, 1.165) is 36.6 Å². The van der Waals surface area contributed by atoms with Gasteiger partial charge in [-0.1, -0.05) is 0 Å². The first-order chi connectivity index (χ1) is 6.48. The summed E-state index contributed by atoms with van der Waals surface area (Å²) in [5.74, 6) is -0.117. The SMILES string of the molecule is CS(=O)(=O)c1cc2c(cc1O)CCC2. The van der Waals surface area contributed by atoms with Crippen molar-refractivity contribution in [1.82, 2.24) is 0 Å². The third kappa shape index (κ3) is 1.50. The van der Waals surface area contributed by atoms with Gasteiger partial charge in [0.15, 0.2) is 9.84 Å². The van der Waals surface area contributed by atoms with E-state index < -0.39 is 9.84 Å². The van der Waals surface area contributed by atoms with Gasteiger partial charge in [-0.3, -0.25) is 0 Å². The smallest absolute Gasteiger partial charge is 0.179 e. The summed E-state index contributed by atoms with van der Waals surface area (Å²) in [5.41, 5.74) is 2.14. The van der Waals surface area contributed by atoms with Gasteiger partial charge >= 0.3 is 0 Å². The van der Waals surface area contributed by atoms with Gasteiger partial charge in [0.05, 0.1) is 0 Å². The van der Waals surface area contributed by atoms with Crippen molar-refractivity contribution >= 4 is 9.84 Å². The molecule has 1 aromatic carbocycles. The fraction of sp³-hybridized carbons (Fsp3) is 0.400. The van der Waals surface area contributed by atoms with Gasteiger partial charge in [0, 0.05) is 6.26 Å². The van der Waals surface area contributed by atoms with Crippen molar-refractivity contribution in [1.29, 1.82) is 0 Å². The second-order valence-electron chi connectivity index (χ2n) is 3.71. The highest BCUT2D eigenvalue weighted by molar-refractivity contribution is 7.90. The lowest BCUT2D eigenvalue weighted by Crippen LogP contribution is -1.99. The summed E-state index contributed by atoms with van der Waals surface area (Å²) in [6, 6.07) is 3.19. The summed E-state index contributed by atoms with van der Waals surface area (Å²) >= 11 is 0.